The van der Waals surface area contributed by atoms with Gasteiger partial charge in [0.2, 0.25) is 0 Å². The molecule has 0 fully saturated rings. The van der Waals surface area contributed by atoms with Crippen molar-refractivity contribution in [3.05, 3.63) is 66.9 Å². The van der Waals surface area contributed by atoms with Crippen molar-refractivity contribution in [3.63, 3.8) is 0 Å². The molecule has 2 N–H and O–H groups in total. The highest BCUT2D eigenvalue weighted by Crippen LogP contribution is 2.33. The molecule has 1 aliphatic rings. The van der Waals surface area contributed by atoms with E-state index in [2.05, 4.69) is 15.6 Å². The number of carbonyl (C=O) groups excluding carboxylic acids is 1. The molecule has 28 heavy (non-hydrogen) atoms. The molecule has 0 saturated carbocycles. The Balaban J connectivity index is 1.51. The van der Waals surface area contributed by atoms with Gasteiger partial charge in [-0.05, 0) is 36.4 Å². The summed E-state index contributed by atoms with van der Waals surface area (Å²) in [5, 5.41) is 6.15. The molecule has 0 saturated heterocycles. The molecule has 3 aromatic rings. The minimum absolute atomic E-state index is 0.237. The summed E-state index contributed by atoms with van der Waals surface area (Å²) < 4.78 is 10.9. The number of methoxy groups -OCH3 is 1. The predicted molar refractivity (Wildman–Crippen MR) is 109 cm³/mol. The third kappa shape index (κ3) is 3.83. The van der Waals surface area contributed by atoms with E-state index in [9.17, 15) is 4.79 Å². The van der Waals surface area contributed by atoms with Gasteiger partial charge in [0.15, 0.2) is 11.6 Å². The van der Waals surface area contributed by atoms with Crippen LogP contribution >= 0.6 is 0 Å². The molecule has 0 atom stereocenters. The van der Waals surface area contributed by atoms with Gasteiger partial charge in [0.1, 0.15) is 12.4 Å². The summed E-state index contributed by atoms with van der Waals surface area (Å²) in [6.07, 6.45) is 1.68. The van der Waals surface area contributed by atoms with Gasteiger partial charge in [-0.15, -0.1) is 0 Å². The normalized spacial score (nSPS) is 12.5. The van der Waals surface area contributed by atoms with Crippen LogP contribution in [-0.4, -0.2) is 31.3 Å². The van der Waals surface area contributed by atoms with Crippen LogP contribution in [-0.2, 0) is 0 Å². The van der Waals surface area contributed by atoms with Gasteiger partial charge in [0.05, 0.1) is 25.5 Å². The zero-order valence-corrected chi connectivity index (χ0v) is 15.4. The molecular formula is C21H20N4O3. The van der Waals surface area contributed by atoms with Crippen molar-refractivity contribution in [1.82, 2.24) is 4.98 Å². The highest BCUT2D eigenvalue weighted by molar-refractivity contribution is 6.02. The number of ether oxygens (including phenoxy) is 2. The average Bonchev–Trinajstić information content (AvgIpc) is 2.74. The van der Waals surface area contributed by atoms with Gasteiger partial charge in [0, 0.05) is 17.4 Å². The number of rotatable bonds is 4. The number of hydrogen-bond acceptors (Lipinski definition) is 5. The van der Waals surface area contributed by atoms with Gasteiger partial charge in [-0.3, -0.25) is 4.90 Å². The van der Waals surface area contributed by atoms with Crippen LogP contribution in [0.5, 0.6) is 11.5 Å². The Labute approximate surface area is 162 Å². The number of anilines is 4. The summed E-state index contributed by atoms with van der Waals surface area (Å²) in [6.45, 7) is 0.840. The van der Waals surface area contributed by atoms with E-state index in [-0.39, 0.29) is 6.03 Å². The van der Waals surface area contributed by atoms with E-state index in [1.165, 1.54) is 0 Å². The first kappa shape index (κ1) is 17.7. The van der Waals surface area contributed by atoms with E-state index >= 15 is 0 Å². The van der Waals surface area contributed by atoms with Crippen molar-refractivity contribution in [2.24, 2.45) is 0 Å². The van der Waals surface area contributed by atoms with Crippen LogP contribution in [0.15, 0.2) is 66.9 Å². The van der Waals surface area contributed by atoms with Crippen molar-refractivity contribution in [2.75, 3.05) is 35.8 Å². The van der Waals surface area contributed by atoms with Gasteiger partial charge in [-0.1, -0.05) is 18.2 Å². The molecule has 7 heteroatoms. The molecule has 0 aliphatic carbocycles. The molecule has 4 rings (SSSR count). The number of aromatic nitrogens is 1. The molecule has 0 spiro atoms. The minimum Gasteiger partial charge on any atom is -0.497 e. The van der Waals surface area contributed by atoms with Crippen LogP contribution in [0, 0.1) is 0 Å². The highest BCUT2D eigenvalue weighted by Gasteiger charge is 2.25. The van der Waals surface area contributed by atoms with Crippen molar-refractivity contribution >= 4 is 28.9 Å². The molecule has 0 unspecified atom stereocenters. The first-order valence-electron chi connectivity index (χ1n) is 8.90. The molecule has 142 valence electrons. The van der Waals surface area contributed by atoms with Gasteiger partial charge in [-0.25, -0.2) is 9.78 Å². The summed E-state index contributed by atoms with van der Waals surface area (Å²) in [6, 6.07) is 18.5. The van der Waals surface area contributed by atoms with Crippen molar-refractivity contribution in [2.45, 2.75) is 0 Å². The van der Waals surface area contributed by atoms with Crippen LogP contribution in [0.1, 0.15) is 0 Å². The minimum atomic E-state index is -0.237. The van der Waals surface area contributed by atoms with E-state index in [4.69, 9.17) is 9.47 Å². The second-order valence-corrected chi connectivity index (χ2v) is 6.20. The molecular weight excluding hydrogens is 356 g/mol. The van der Waals surface area contributed by atoms with E-state index in [1.54, 1.807) is 18.2 Å². The number of hydrogen-bond donors (Lipinski definition) is 2. The number of amides is 2. The molecule has 7 nitrogen and oxygen atoms in total. The monoisotopic (exact) mass is 376 g/mol. The maximum atomic E-state index is 12.7. The lowest BCUT2D eigenvalue weighted by Crippen LogP contribution is -2.41. The fraction of sp³-hybridized carbons (Fsp3) is 0.143. The lowest BCUT2D eigenvalue weighted by Gasteiger charge is -2.28. The van der Waals surface area contributed by atoms with Crippen LogP contribution in [0.3, 0.4) is 0 Å². The summed E-state index contributed by atoms with van der Waals surface area (Å²) in [7, 11) is 1.63. The maximum absolute atomic E-state index is 12.7. The van der Waals surface area contributed by atoms with E-state index < -0.39 is 0 Å². The number of nitrogens with one attached hydrogen (secondary N) is 2. The molecule has 1 aromatic heterocycles. The molecule has 0 bridgehead atoms. The summed E-state index contributed by atoms with van der Waals surface area (Å²) >= 11 is 0. The predicted octanol–water partition coefficient (Wildman–Crippen LogP) is 4.26. The zero-order valence-electron chi connectivity index (χ0n) is 15.4. The van der Waals surface area contributed by atoms with Crippen LogP contribution in [0.25, 0.3) is 0 Å². The lowest BCUT2D eigenvalue weighted by molar-refractivity contribution is 0.249. The molecule has 0 radical (unpaired) electrons. The highest BCUT2D eigenvalue weighted by atomic mass is 16.5. The first-order chi connectivity index (χ1) is 13.7. The molecule has 2 heterocycles. The standard InChI is InChI=1S/C21H20N4O3/c1-27-18-9-7-16(8-10-18)23-17-13-19-20(22-14-17)25(11-12-28-19)21(26)24-15-5-3-2-4-6-15/h2-10,13-14,23H,11-12H2,1H3,(H,24,26). The van der Waals surface area contributed by atoms with Crippen molar-refractivity contribution < 1.29 is 14.3 Å². The Morgan fingerprint density at radius 2 is 1.86 bits per heavy atom. The Bertz CT molecular complexity index is 961. The molecule has 2 aromatic carbocycles. The number of benzene rings is 2. The van der Waals surface area contributed by atoms with Crippen LogP contribution in [0.2, 0.25) is 0 Å². The smallest absolute Gasteiger partial charge is 0.327 e. The number of nitrogens with zero attached hydrogens (tertiary/aromatic N) is 2. The third-order valence-corrected chi connectivity index (χ3v) is 4.31. The lowest BCUT2D eigenvalue weighted by atomic mass is 10.2. The first-order valence-corrected chi connectivity index (χ1v) is 8.90. The molecule has 1 aliphatic heterocycles. The van der Waals surface area contributed by atoms with E-state index in [0.29, 0.717) is 24.7 Å². The Hall–Kier alpha value is -3.74. The van der Waals surface area contributed by atoms with Gasteiger partial charge < -0.3 is 20.1 Å². The number of fused-ring (bicyclic) bond motifs is 1. The van der Waals surface area contributed by atoms with Crippen molar-refractivity contribution in [1.29, 1.82) is 0 Å². The fourth-order valence-electron chi connectivity index (χ4n) is 2.92. The van der Waals surface area contributed by atoms with Gasteiger partial charge in [-0.2, -0.15) is 0 Å². The quantitative estimate of drug-likeness (QED) is 0.711. The Morgan fingerprint density at radius 1 is 1.07 bits per heavy atom. The Kier molecular flexibility index (Phi) is 4.97. The van der Waals surface area contributed by atoms with Crippen LogP contribution in [0.4, 0.5) is 27.7 Å². The second-order valence-electron chi connectivity index (χ2n) is 6.20. The zero-order chi connectivity index (χ0) is 19.3. The summed E-state index contributed by atoms with van der Waals surface area (Å²) in [5.74, 6) is 1.85. The second kappa shape index (κ2) is 7.87. The molecule has 2 amide bonds. The van der Waals surface area contributed by atoms with Crippen LogP contribution < -0.4 is 25.0 Å². The largest absolute Gasteiger partial charge is 0.497 e. The number of para-hydroxylation sites is 1. The van der Waals surface area contributed by atoms with Gasteiger partial charge in [0.25, 0.3) is 0 Å². The average molecular weight is 376 g/mol. The summed E-state index contributed by atoms with van der Waals surface area (Å²) in [4.78, 5) is 18.7. The van der Waals surface area contributed by atoms with Gasteiger partial charge >= 0.3 is 6.03 Å². The summed E-state index contributed by atoms with van der Waals surface area (Å²) in [5.41, 5.74) is 2.41. The number of urea groups is 1. The maximum Gasteiger partial charge on any atom is 0.327 e. The Morgan fingerprint density at radius 3 is 2.61 bits per heavy atom. The van der Waals surface area contributed by atoms with E-state index in [1.807, 2.05) is 60.7 Å². The van der Waals surface area contributed by atoms with Crippen molar-refractivity contribution in [3.8, 4) is 11.5 Å². The number of pyridine rings is 1. The van der Waals surface area contributed by atoms with E-state index in [0.717, 1.165) is 22.8 Å². The third-order valence-electron chi connectivity index (χ3n) is 4.31. The topological polar surface area (TPSA) is 75.7 Å². The SMILES string of the molecule is COc1ccc(Nc2cnc3c(c2)OCCN3C(=O)Nc2ccccc2)cc1. The number of carbonyl (C=O) groups is 1. The fourth-order valence-corrected chi connectivity index (χ4v) is 2.92.